The zero-order valence-corrected chi connectivity index (χ0v) is 13.7. The summed E-state index contributed by atoms with van der Waals surface area (Å²) in [5.41, 5.74) is -0.224. The fourth-order valence-electron chi connectivity index (χ4n) is 2.08. The maximum Gasteiger partial charge on any atom is 0.421 e. The van der Waals surface area contributed by atoms with Gasteiger partial charge >= 0.3 is 6.18 Å². The molecule has 1 aromatic heterocycles. The Morgan fingerprint density at radius 2 is 1.42 bits per heavy atom. The van der Waals surface area contributed by atoms with E-state index in [1.54, 1.807) is 24.3 Å². The van der Waals surface area contributed by atoms with Crippen molar-refractivity contribution < 1.29 is 17.6 Å². The van der Waals surface area contributed by atoms with E-state index in [0.29, 0.717) is 16.9 Å². The van der Waals surface area contributed by atoms with Gasteiger partial charge in [0.05, 0.1) is 0 Å². The lowest BCUT2D eigenvalue weighted by molar-refractivity contribution is -0.137. The second-order valence-corrected chi connectivity index (χ2v) is 5.65. The highest BCUT2D eigenvalue weighted by Gasteiger charge is 2.35. The zero-order chi connectivity index (χ0) is 18.7. The summed E-state index contributed by atoms with van der Waals surface area (Å²) in [4.78, 5) is 7.60. The first-order valence-electron chi connectivity index (χ1n) is 7.31. The molecule has 0 aliphatic rings. The number of anilines is 4. The molecule has 0 bridgehead atoms. The molecule has 0 saturated heterocycles. The molecule has 0 unspecified atom stereocenters. The predicted octanol–water partition coefficient (Wildman–Crippen LogP) is 5.78. The molecular formula is C17H11ClF4N4. The third-order valence-electron chi connectivity index (χ3n) is 3.30. The molecule has 3 aromatic rings. The number of rotatable bonds is 4. The number of hydrogen-bond donors (Lipinski definition) is 2. The van der Waals surface area contributed by atoms with Crippen LogP contribution in [-0.2, 0) is 6.18 Å². The Bertz CT molecular complexity index is 896. The minimum atomic E-state index is -4.65. The van der Waals surface area contributed by atoms with Crippen molar-refractivity contribution in [3.8, 4) is 0 Å². The molecule has 4 nitrogen and oxygen atoms in total. The molecule has 0 radical (unpaired) electrons. The number of hydrogen-bond acceptors (Lipinski definition) is 4. The number of nitrogens with zero attached hydrogens (tertiary/aromatic N) is 2. The van der Waals surface area contributed by atoms with Gasteiger partial charge in [-0.3, -0.25) is 0 Å². The van der Waals surface area contributed by atoms with Gasteiger partial charge in [0.1, 0.15) is 17.2 Å². The van der Waals surface area contributed by atoms with Crippen molar-refractivity contribution in [1.82, 2.24) is 9.97 Å². The predicted molar refractivity (Wildman–Crippen MR) is 91.5 cm³/mol. The summed E-state index contributed by atoms with van der Waals surface area (Å²) in [6, 6.07) is 11.4. The van der Waals surface area contributed by atoms with E-state index in [1.807, 2.05) is 0 Å². The zero-order valence-electron chi connectivity index (χ0n) is 13.0. The number of halogens is 5. The quantitative estimate of drug-likeness (QED) is 0.562. The fraction of sp³-hybridized carbons (Fsp3) is 0.0588. The normalized spacial score (nSPS) is 11.3. The van der Waals surface area contributed by atoms with Crippen LogP contribution in [0.4, 0.5) is 40.7 Å². The highest BCUT2D eigenvalue weighted by Crippen LogP contribution is 2.35. The van der Waals surface area contributed by atoms with Crippen molar-refractivity contribution >= 4 is 34.7 Å². The highest BCUT2D eigenvalue weighted by atomic mass is 35.5. The molecule has 26 heavy (non-hydrogen) atoms. The smallest absolute Gasteiger partial charge is 0.340 e. The number of alkyl halides is 3. The van der Waals surface area contributed by atoms with Crippen LogP contribution >= 0.6 is 11.6 Å². The molecule has 2 aromatic carbocycles. The Hall–Kier alpha value is -2.87. The van der Waals surface area contributed by atoms with Crippen molar-refractivity contribution in [2.24, 2.45) is 0 Å². The van der Waals surface area contributed by atoms with E-state index < -0.39 is 23.4 Å². The molecule has 0 aliphatic heterocycles. The molecule has 134 valence electrons. The van der Waals surface area contributed by atoms with Gasteiger partial charge in [-0.1, -0.05) is 11.6 Å². The molecule has 1 heterocycles. The Kier molecular flexibility index (Phi) is 4.94. The third kappa shape index (κ3) is 4.40. The highest BCUT2D eigenvalue weighted by molar-refractivity contribution is 6.30. The molecule has 9 heteroatoms. The van der Waals surface area contributed by atoms with Gasteiger partial charge in [-0.05, 0) is 48.5 Å². The molecule has 0 amide bonds. The molecule has 0 fully saturated rings. The van der Waals surface area contributed by atoms with E-state index in [-0.39, 0.29) is 11.6 Å². The van der Waals surface area contributed by atoms with Gasteiger partial charge in [0.2, 0.25) is 5.95 Å². The maximum absolute atomic E-state index is 13.2. The van der Waals surface area contributed by atoms with Crippen LogP contribution in [0.2, 0.25) is 5.02 Å². The van der Waals surface area contributed by atoms with Gasteiger partial charge in [0.25, 0.3) is 0 Å². The first kappa shape index (κ1) is 17.9. The van der Waals surface area contributed by atoms with Crippen molar-refractivity contribution in [3.05, 3.63) is 71.1 Å². The first-order chi connectivity index (χ1) is 12.3. The van der Waals surface area contributed by atoms with E-state index in [2.05, 4.69) is 20.6 Å². The topological polar surface area (TPSA) is 49.8 Å². The summed E-state index contributed by atoms with van der Waals surface area (Å²) in [7, 11) is 0. The van der Waals surface area contributed by atoms with Crippen molar-refractivity contribution in [1.29, 1.82) is 0 Å². The SMILES string of the molecule is Fc1ccc(Nc2nc(Nc3ccc(Cl)cc3)ncc2C(F)(F)F)cc1. The van der Waals surface area contributed by atoms with Crippen LogP contribution in [0.3, 0.4) is 0 Å². The van der Waals surface area contributed by atoms with E-state index >= 15 is 0 Å². The molecule has 0 atom stereocenters. The molecule has 3 rings (SSSR count). The molecule has 0 aliphatic carbocycles. The van der Waals surface area contributed by atoms with E-state index in [9.17, 15) is 17.6 Å². The van der Waals surface area contributed by atoms with Crippen molar-refractivity contribution in [2.45, 2.75) is 6.18 Å². The summed E-state index contributed by atoms with van der Waals surface area (Å²) in [6.07, 6.45) is -3.97. The largest absolute Gasteiger partial charge is 0.421 e. The molecule has 0 saturated carbocycles. The number of aromatic nitrogens is 2. The fourth-order valence-corrected chi connectivity index (χ4v) is 2.20. The third-order valence-corrected chi connectivity index (χ3v) is 3.55. The maximum atomic E-state index is 13.2. The molecule has 0 spiro atoms. The van der Waals surface area contributed by atoms with Gasteiger partial charge in [0.15, 0.2) is 0 Å². The molecule has 2 N–H and O–H groups in total. The van der Waals surface area contributed by atoms with Crippen LogP contribution in [0.15, 0.2) is 54.7 Å². The Morgan fingerprint density at radius 1 is 0.846 bits per heavy atom. The Labute approximate surface area is 150 Å². The van der Waals surface area contributed by atoms with Gasteiger partial charge in [-0.2, -0.15) is 18.2 Å². The van der Waals surface area contributed by atoms with Gasteiger partial charge < -0.3 is 10.6 Å². The lowest BCUT2D eigenvalue weighted by atomic mass is 10.2. The number of benzene rings is 2. The van der Waals surface area contributed by atoms with Crippen LogP contribution in [0.25, 0.3) is 0 Å². The van der Waals surface area contributed by atoms with E-state index in [1.165, 1.54) is 12.1 Å². The van der Waals surface area contributed by atoms with Gasteiger partial charge in [0, 0.05) is 22.6 Å². The van der Waals surface area contributed by atoms with E-state index in [4.69, 9.17) is 11.6 Å². The second kappa shape index (κ2) is 7.17. The van der Waals surface area contributed by atoms with Crippen LogP contribution in [0.1, 0.15) is 5.56 Å². The summed E-state index contributed by atoms with van der Waals surface area (Å²) in [5, 5.41) is 5.86. The van der Waals surface area contributed by atoms with Crippen LogP contribution < -0.4 is 10.6 Å². The van der Waals surface area contributed by atoms with Crippen molar-refractivity contribution in [2.75, 3.05) is 10.6 Å². The van der Waals surface area contributed by atoms with E-state index in [0.717, 1.165) is 12.1 Å². The Balaban J connectivity index is 1.93. The monoisotopic (exact) mass is 382 g/mol. The summed E-state index contributed by atoms with van der Waals surface area (Å²) >= 11 is 5.79. The number of nitrogens with one attached hydrogen (secondary N) is 2. The summed E-state index contributed by atoms with van der Waals surface area (Å²) in [5.74, 6) is -0.986. The Morgan fingerprint density at radius 3 is 2.04 bits per heavy atom. The lowest BCUT2D eigenvalue weighted by Gasteiger charge is -2.15. The summed E-state index contributed by atoms with van der Waals surface area (Å²) < 4.78 is 52.6. The van der Waals surface area contributed by atoms with Gasteiger partial charge in [-0.15, -0.1) is 0 Å². The van der Waals surface area contributed by atoms with Crippen LogP contribution in [0.5, 0.6) is 0 Å². The summed E-state index contributed by atoms with van der Waals surface area (Å²) in [6.45, 7) is 0. The lowest BCUT2D eigenvalue weighted by Crippen LogP contribution is -2.12. The average molecular weight is 383 g/mol. The van der Waals surface area contributed by atoms with Crippen molar-refractivity contribution in [3.63, 3.8) is 0 Å². The molecular weight excluding hydrogens is 372 g/mol. The van der Waals surface area contributed by atoms with Crippen LogP contribution in [-0.4, -0.2) is 9.97 Å². The minimum absolute atomic E-state index is 0.0371. The first-order valence-corrected chi connectivity index (χ1v) is 7.68. The van der Waals surface area contributed by atoms with Gasteiger partial charge in [-0.25, -0.2) is 9.37 Å². The second-order valence-electron chi connectivity index (χ2n) is 5.22. The minimum Gasteiger partial charge on any atom is -0.340 e. The van der Waals surface area contributed by atoms with Crippen LogP contribution in [0, 0.1) is 5.82 Å². The standard InChI is InChI=1S/C17H11ClF4N4/c18-10-1-5-13(6-2-10)25-16-23-9-14(17(20,21)22)15(26-16)24-12-7-3-11(19)4-8-12/h1-9H,(H2,23,24,25,26). The average Bonchev–Trinajstić information content (AvgIpc) is 2.58.